The molecule has 4 atom stereocenters. The Morgan fingerprint density at radius 3 is 2.88 bits per heavy atom. The van der Waals surface area contributed by atoms with Gasteiger partial charge >= 0.3 is 6.61 Å². The van der Waals surface area contributed by atoms with Gasteiger partial charge in [0.2, 0.25) is 11.8 Å². The maximum absolute atomic E-state index is 13.3. The summed E-state index contributed by atoms with van der Waals surface area (Å²) in [4.78, 5) is 8.66. The van der Waals surface area contributed by atoms with Gasteiger partial charge in [-0.1, -0.05) is 12.1 Å². The fraction of sp³-hybridized carbons (Fsp3) is 0.348. The number of alkyl halides is 2. The van der Waals surface area contributed by atoms with Gasteiger partial charge in [-0.15, -0.1) is 5.10 Å². The van der Waals surface area contributed by atoms with E-state index < -0.39 is 12.2 Å². The summed E-state index contributed by atoms with van der Waals surface area (Å²) in [6, 6.07) is 11.4. The van der Waals surface area contributed by atoms with E-state index in [1.54, 1.807) is 12.4 Å². The molecule has 0 spiro atoms. The van der Waals surface area contributed by atoms with Crippen molar-refractivity contribution in [3.63, 3.8) is 0 Å². The minimum atomic E-state index is -3.02. The number of nitrogens with zero attached hydrogens (tertiary/aromatic N) is 4. The molecule has 3 aromatic heterocycles. The number of aliphatic hydroxyl groups is 1. The van der Waals surface area contributed by atoms with Crippen molar-refractivity contribution >= 4 is 22.4 Å². The molecular weight excluding hydrogens is 416 g/mol. The van der Waals surface area contributed by atoms with Gasteiger partial charge in [-0.2, -0.15) is 13.8 Å². The minimum absolute atomic E-state index is 0.179. The predicted molar refractivity (Wildman–Crippen MR) is 112 cm³/mol. The Morgan fingerprint density at radius 1 is 1.22 bits per heavy atom. The number of anilines is 1. The van der Waals surface area contributed by atoms with Crippen LogP contribution >= 0.6 is 0 Å². The highest BCUT2D eigenvalue weighted by molar-refractivity contribution is 5.90. The van der Waals surface area contributed by atoms with Crippen LogP contribution in [-0.4, -0.2) is 42.4 Å². The summed E-state index contributed by atoms with van der Waals surface area (Å²) in [5, 5.41) is 19.4. The molecule has 9 heteroatoms. The Balaban J connectivity index is 1.32. The number of benzene rings is 1. The van der Waals surface area contributed by atoms with Crippen LogP contribution in [0.5, 0.6) is 5.88 Å². The zero-order chi connectivity index (χ0) is 21.7. The third-order valence-corrected chi connectivity index (χ3v) is 7.57. The molecule has 1 aromatic carbocycles. The van der Waals surface area contributed by atoms with E-state index in [1.165, 1.54) is 4.52 Å². The van der Waals surface area contributed by atoms with Crippen molar-refractivity contribution in [3.8, 4) is 17.0 Å². The molecule has 162 valence electrons. The minimum Gasteiger partial charge on any atom is -0.414 e. The molecule has 3 fully saturated rings. The summed E-state index contributed by atoms with van der Waals surface area (Å²) in [5.74, 6) is 0.643. The van der Waals surface area contributed by atoms with E-state index >= 15 is 0 Å². The molecule has 3 aliphatic carbocycles. The normalized spacial score (nSPS) is 29.9. The summed E-state index contributed by atoms with van der Waals surface area (Å²) in [5.41, 5.74) is 1.93. The van der Waals surface area contributed by atoms with Crippen LogP contribution in [0.15, 0.2) is 48.8 Å². The van der Waals surface area contributed by atoms with Gasteiger partial charge in [0.05, 0.1) is 11.1 Å². The molecule has 0 radical (unpaired) electrons. The highest BCUT2D eigenvalue weighted by Gasteiger charge is 2.84. The summed E-state index contributed by atoms with van der Waals surface area (Å²) in [7, 11) is 0. The van der Waals surface area contributed by atoms with Crippen LogP contribution in [0.2, 0.25) is 0 Å². The molecule has 4 aromatic rings. The number of hydrogen-bond donors (Lipinski definition) is 2. The lowest BCUT2D eigenvalue weighted by Gasteiger charge is -2.34. The van der Waals surface area contributed by atoms with Crippen LogP contribution in [-0.2, 0) is 0 Å². The molecule has 3 heterocycles. The second kappa shape index (κ2) is 5.92. The summed E-state index contributed by atoms with van der Waals surface area (Å²) in [6.45, 7) is -3.02. The average molecular weight is 435 g/mol. The van der Waals surface area contributed by atoms with Crippen molar-refractivity contribution in [1.29, 1.82) is 0 Å². The molecule has 32 heavy (non-hydrogen) atoms. The number of aromatic nitrogens is 4. The predicted octanol–water partition coefficient (Wildman–Crippen LogP) is 3.87. The van der Waals surface area contributed by atoms with Crippen LogP contribution in [0.1, 0.15) is 19.3 Å². The molecule has 7 rings (SSSR count). The first-order valence-corrected chi connectivity index (χ1v) is 10.7. The highest BCUT2D eigenvalue weighted by Crippen LogP contribution is 2.78. The fourth-order valence-electron chi connectivity index (χ4n) is 6.17. The summed E-state index contributed by atoms with van der Waals surface area (Å²) in [6.07, 6.45) is 5.79. The van der Waals surface area contributed by atoms with Gasteiger partial charge in [0.15, 0.2) is 0 Å². The summed E-state index contributed by atoms with van der Waals surface area (Å²) >= 11 is 0. The quantitative estimate of drug-likeness (QED) is 0.495. The molecule has 0 amide bonds. The van der Waals surface area contributed by atoms with Crippen LogP contribution in [0.25, 0.3) is 27.5 Å². The van der Waals surface area contributed by atoms with Crippen molar-refractivity contribution in [2.45, 2.75) is 37.0 Å². The molecule has 3 aliphatic rings. The first-order valence-electron chi connectivity index (χ1n) is 10.7. The van der Waals surface area contributed by atoms with Crippen molar-refractivity contribution in [3.05, 3.63) is 48.8 Å². The Labute approximate surface area is 181 Å². The van der Waals surface area contributed by atoms with Gasteiger partial charge in [0.25, 0.3) is 0 Å². The molecule has 2 N–H and O–H groups in total. The lowest BCUT2D eigenvalue weighted by atomic mass is 9.77. The van der Waals surface area contributed by atoms with E-state index in [1.807, 2.05) is 36.4 Å². The van der Waals surface area contributed by atoms with E-state index in [0.29, 0.717) is 17.0 Å². The highest BCUT2D eigenvalue weighted by atomic mass is 19.3. The largest absolute Gasteiger partial charge is 0.414 e. The van der Waals surface area contributed by atoms with Gasteiger partial charge in [-0.3, -0.25) is 4.98 Å². The number of ether oxygens (including phenoxy) is 1. The first-order chi connectivity index (χ1) is 15.5. The van der Waals surface area contributed by atoms with Gasteiger partial charge in [-0.25, -0.2) is 4.52 Å². The number of fused-ring (bicyclic) bond motifs is 3. The second-order valence-electron chi connectivity index (χ2n) is 9.11. The van der Waals surface area contributed by atoms with Gasteiger partial charge in [-0.05, 0) is 55.0 Å². The number of rotatable bonds is 5. The average Bonchev–Trinajstić information content (AvgIpc) is 3.00. The van der Waals surface area contributed by atoms with Crippen LogP contribution in [0.4, 0.5) is 14.7 Å². The zero-order valence-electron chi connectivity index (χ0n) is 16.9. The van der Waals surface area contributed by atoms with Crippen molar-refractivity contribution in [1.82, 2.24) is 19.6 Å². The van der Waals surface area contributed by atoms with Crippen LogP contribution in [0, 0.1) is 11.8 Å². The smallest absolute Gasteiger partial charge is 0.388 e. The molecule has 0 aliphatic heterocycles. The molecule has 7 nitrogen and oxygen atoms in total. The van der Waals surface area contributed by atoms with E-state index in [-0.39, 0.29) is 23.3 Å². The van der Waals surface area contributed by atoms with Gasteiger partial charge < -0.3 is 15.2 Å². The van der Waals surface area contributed by atoms with Crippen LogP contribution in [0.3, 0.4) is 0 Å². The first kappa shape index (κ1) is 18.3. The van der Waals surface area contributed by atoms with Crippen molar-refractivity contribution < 1.29 is 18.6 Å². The molecule has 3 saturated carbocycles. The molecular formula is C23H19F2N5O2. The number of hydrogen-bond acceptors (Lipinski definition) is 6. The maximum atomic E-state index is 13.3. The van der Waals surface area contributed by atoms with Crippen molar-refractivity contribution in [2.24, 2.45) is 11.8 Å². The Kier molecular flexibility index (Phi) is 3.38. The Bertz CT molecular complexity index is 1400. The second-order valence-corrected chi connectivity index (χ2v) is 9.11. The van der Waals surface area contributed by atoms with Crippen LogP contribution < -0.4 is 10.1 Å². The van der Waals surface area contributed by atoms with Gasteiger partial charge in [0.1, 0.15) is 5.52 Å². The number of halogens is 2. The lowest BCUT2D eigenvalue weighted by Crippen LogP contribution is -2.39. The van der Waals surface area contributed by atoms with E-state index in [2.05, 4.69) is 20.4 Å². The van der Waals surface area contributed by atoms with E-state index in [4.69, 9.17) is 4.74 Å². The third-order valence-electron chi connectivity index (χ3n) is 7.57. The lowest BCUT2D eigenvalue weighted by molar-refractivity contribution is -0.0520. The zero-order valence-corrected chi connectivity index (χ0v) is 16.9. The topological polar surface area (TPSA) is 84.6 Å². The maximum Gasteiger partial charge on any atom is 0.388 e. The molecule has 0 bridgehead atoms. The standard InChI is InChI=1S/C23H19F2N5O2/c24-20(25)32-19-17-14(12-3-4-16-13(10-12)2-1-8-26-16)5-9-30(17)29-21(27-19)28-23-7-6-22(31)11-15(23)18(22)23/h1-5,8-10,15,18,20,31H,6-7,11H2,(H,28,29). The van der Waals surface area contributed by atoms with E-state index in [9.17, 15) is 13.9 Å². The molecule has 4 unspecified atom stereocenters. The monoisotopic (exact) mass is 435 g/mol. The SMILES string of the molecule is OC12CCC3(Nc4nc(OC(F)F)c5c(-c6ccc7ncccc7c6)ccn5n4)C(C1)C23. The van der Waals surface area contributed by atoms with E-state index in [0.717, 1.165) is 35.7 Å². The van der Waals surface area contributed by atoms with Gasteiger partial charge in [0, 0.05) is 34.8 Å². The third kappa shape index (κ3) is 2.34. The van der Waals surface area contributed by atoms with Crippen molar-refractivity contribution in [2.75, 3.05) is 5.32 Å². The fourth-order valence-corrected chi connectivity index (χ4v) is 6.17. The Morgan fingerprint density at radius 2 is 2.12 bits per heavy atom. The number of pyridine rings is 1. The Hall–Kier alpha value is -3.33. The summed E-state index contributed by atoms with van der Waals surface area (Å²) < 4.78 is 32.9. The molecule has 0 saturated heterocycles. The number of nitrogens with one attached hydrogen (secondary N) is 1.